The summed E-state index contributed by atoms with van der Waals surface area (Å²) in [5.74, 6) is -1.13. The Morgan fingerprint density at radius 1 is 1.17 bits per heavy atom. The van der Waals surface area contributed by atoms with E-state index in [9.17, 15) is 19.8 Å². The van der Waals surface area contributed by atoms with Gasteiger partial charge < -0.3 is 24.4 Å². The third-order valence-corrected chi connectivity index (χ3v) is 4.95. The van der Waals surface area contributed by atoms with Crippen molar-refractivity contribution in [3.8, 4) is 0 Å². The van der Waals surface area contributed by atoms with Gasteiger partial charge in [-0.15, -0.1) is 0 Å². The van der Waals surface area contributed by atoms with E-state index in [1.165, 1.54) is 0 Å². The van der Waals surface area contributed by atoms with Gasteiger partial charge in [0, 0.05) is 6.61 Å². The van der Waals surface area contributed by atoms with Crippen LogP contribution in [0.1, 0.15) is 39.5 Å². The molecule has 0 aromatic heterocycles. The summed E-state index contributed by atoms with van der Waals surface area (Å²) < 4.78 is 16.0. The van der Waals surface area contributed by atoms with Crippen LogP contribution in [0.3, 0.4) is 0 Å². The second-order valence-corrected chi connectivity index (χ2v) is 6.99. The molecule has 2 aliphatic rings. The van der Waals surface area contributed by atoms with Crippen molar-refractivity contribution in [1.29, 1.82) is 0 Å². The molecule has 2 rings (SSSR count). The summed E-state index contributed by atoms with van der Waals surface area (Å²) in [6.07, 6.45) is 11.0. The van der Waals surface area contributed by atoms with Crippen LogP contribution in [0.5, 0.6) is 0 Å². The van der Waals surface area contributed by atoms with Crippen LogP contribution in [0.4, 0.5) is 0 Å². The van der Waals surface area contributed by atoms with E-state index in [2.05, 4.69) is 0 Å². The Kier molecular flexibility index (Phi) is 8.67. The first kappa shape index (κ1) is 22.9. The van der Waals surface area contributed by atoms with E-state index in [0.717, 1.165) is 6.42 Å². The van der Waals surface area contributed by atoms with E-state index >= 15 is 0 Å². The monoisotopic (exact) mass is 406 g/mol. The van der Waals surface area contributed by atoms with Crippen molar-refractivity contribution in [3.63, 3.8) is 0 Å². The Labute approximate surface area is 171 Å². The van der Waals surface area contributed by atoms with Crippen molar-refractivity contribution in [2.24, 2.45) is 11.3 Å². The summed E-state index contributed by atoms with van der Waals surface area (Å²) in [5.41, 5.74) is -1.14. The number of esters is 2. The number of hydrogen-bond donors (Lipinski definition) is 2. The lowest BCUT2D eigenvalue weighted by molar-refractivity contribution is -0.202. The van der Waals surface area contributed by atoms with Crippen molar-refractivity contribution in [2.45, 2.75) is 45.8 Å². The molecule has 2 aliphatic carbocycles. The minimum Gasteiger partial charge on any atom is -0.508 e. The van der Waals surface area contributed by atoms with Gasteiger partial charge in [0.05, 0.1) is 13.0 Å². The van der Waals surface area contributed by atoms with Crippen molar-refractivity contribution in [2.75, 3.05) is 19.8 Å². The molecule has 7 nitrogen and oxygen atoms in total. The SMILES string of the molecule is CCOC(=O)C(COC(=O)CC1C=CC(O)=CC1)(C1=CCCC=C1)C(O)OCC. The fraction of sp³-hybridized carbons (Fsp3) is 0.545. The molecular weight excluding hydrogens is 376 g/mol. The fourth-order valence-electron chi connectivity index (χ4n) is 3.35. The lowest BCUT2D eigenvalue weighted by Gasteiger charge is -2.36. The molecule has 0 amide bonds. The fourth-order valence-corrected chi connectivity index (χ4v) is 3.35. The van der Waals surface area contributed by atoms with Crippen LogP contribution < -0.4 is 0 Å². The van der Waals surface area contributed by atoms with Gasteiger partial charge in [-0.05, 0) is 56.8 Å². The molecule has 0 radical (unpaired) electrons. The highest BCUT2D eigenvalue weighted by atomic mass is 16.6. The summed E-state index contributed by atoms with van der Waals surface area (Å²) in [5, 5.41) is 20.1. The van der Waals surface area contributed by atoms with Crippen molar-refractivity contribution in [1.82, 2.24) is 0 Å². The van der Waals surface area contributed by atoms with Gasteiger partial charge in [0.1, 0.15) is 12.4 Å². The maximum atomic E-state index is 12.9. The van der Waals surface area contributed by atoms with Gasteiger partial charge in [0.25, 0.3) is 0 Å². The smallest absolute Gasteiger partial charge is 0.325 e. The third-order valence-electron chi connectivity index (χ3n) is 4.95. The molecule has 3 atom stereocenters. The molecule has 0 aliphatic heterocycles. The zero-order valence-corrected chi connectivity index (χ0v) is 17.0. The second kappa shape index (κ2) is 11.0. The number of aliphatic hydroxyl groups excluding tert-OH is 2. The lowest BCUT2D eigenvalue weighted by atomic mass is 9.77. The van der Waals surface area contributed by atoms with Gasteiger partial charge >= 0.3 is 11.9 Å². The van der Waals surface area contributed by atoms with Crippen LogP contribution in [-0.2, 0) is 23.8 Å². The zero-order chi connectivity index (χ0) is 21.3. The van der Waals surface area contributed by atoms with Crippen LogP contribution in [-0.4, -0.2) is 48.3 Å². The van der Waals surface area contributed by atoms with E-state index in [1.807, 2.05) is 12.2 Å². The van der Waals surface area contributed by atoms with Crippen molar-refractivity contribution >= 4 is 11.9 Å². The van der Waals surface area contributed by atoms with Crippen molar-refractivity contribution in [3.05, 3.63) is 47.8 Å². The van der Waals surface area contributed by atoms with E-state index in [0.29, 0.717) is 18.4 Å². The molecule has 7 heteroatoms. The van der Waals surface area contributed by atoms with Crippen molar-refractivity contribution < 1.29 is 34.0 Å². The standard InChI is InChI=1S/C22H30O7/c1-3-27-20(25)22(21(26)28-4-2,17-8-6-5-7-9-17)15-29-19(24)14-16-10-12-18(23)13-11-16/h6,8-10,12-13,16,20,23,25H,3-5,7,11,14-15H2,1-2H3. The largest absolute Gasteiger partial charge is 0.508 e. The van der Waals surface area contributed by atoms with E-state index in [1.54, 1.807) is 38.2 Å². The first-order valence-electron chi connectivity index (χ1n) is 10.0. The number of allylic oxidation sites excluding steroid dienone is 6. The molecule has 0 saturated carbocycles. The average Bonchev–Trinajstić information content (AvgIpc) is 2.71. The Morgan fingerprint density at radius 3 is 2.55 bits per heavy atom. The van der Waals surface area contributed by atoms with E-state index in [4.69, 9.17) is 14.2 Å². The molecule has 0 aromatic rings. The molecule has 29 heavy (non-hydrogen) atoms. The highest BCUT2D eigenvalue weighted by Crippen LogP contribution is 2.38. The number of carbonyl (C=O) groups is 2. The predicted octanol–water partition coefficient (Wildman–Crippen LogP) is 3.12. The molecule has 3 unspecified atom stereocenters. The minimum absolute atomic E-state index is 0.0960. The summed E-state index contributed by atoms with van der Waals surface area (Å²) in [7, 11) is 0. The highest BCUT2D eigenvalue weighted by molar-refractivity contribution is 5.83. The third kappa shape index (κ3) is 5.81. The van der Waals surface area contributed by atoms with Crippen LogP contribution in [0.2, 0.25) is 0 Å². The van der Waals surface area contributed by atoms with Crippen LogP contribution in [0, 0.1) is 11.3 Å². The Morgan fingerprint density at radius 2 is 1.97 bits per heavy atom. The number of ether oxygens (including phenoxy) is 3. The molecule has 160 valence electrons. The predicted molar refractivity (Wildman–Crippen MR) is 107 cm³/mol. The van der Waals surface area contributed by atoms with Gasteiger partial charge in [0.2, 0.25) is 0 Å². The number of rotatable bonds is 10. The molecule has 0 bridgehead atoms. The number of aliphatic hydroxyl groups is 2. The van der Waals surface area contributed by atoms with Gasteiger partial charge in [-0.2, -0.15) is 0 Å². The Hall–Kier alpha value is -2.38. The molecule has 0 spiro atoms. The number of hydrogen-bond acceptors (Lipinski definition) is 7. The molecule has 0 saturated heterocycles. The van der Waals surface area contributed by atoms with E-state index in [-0.39, 0.29) is 37.9 Å². The van der Waals surface area contributed by atoms with Crippen LogP contribution >= 0.6 is 0 Å². The highest BCUT2D eigenvalue weighted by Gasteiger charge is 2.51. The Balaban J connectivity index is 2.20. The van der Waals surface area contributed by atoms with Gasteiger partial charge in [0.15, 0.2) is 11.7 Å². The lowest BCUT2D eigenvalue weighted by Crippen LogP contribution is -2.50. The normalized spacial score (nSPS) is 21.6. The number of carbonyl (C=O) groups excluding carboxylic acids is 2. The van der Waals surface area contributed by atoms with Crippen LogP contribution in [0.15, 0.2) is 47.8 Å². The first-order valence-corrected chi connectivity index (χ1v) is 10.0. The van der Waals surface area contributed by atoms with E-state index < -0.39 is 23.6 Å². The molecule has 0 fully saturated rings. The van der Waals surface area contributed by atoms with Gasteiger partial charge in [-0.25, -0.2) is 0 Å². The topological polar surface area (TPSA) is 102 Å². The summed E-state index contributed by atoms with van der Waals surface area (Å²) in [4.78, 5) is 25.4. The molecule has 0 aromatic carbocycles. The minimum atomic E-state index is -1.65. The molecule has 2 N–H and O–H groups in total. The molecular formula is C22H30O7. The molecule has 0 heterocycles. The van der Waals surface area contributed by atoms with Gasteiger partial charge in [-0.1, -0.05) is 24.3 Å². The summed E-state index contributed by atoms with van der Waals surface area (Å²) >= 11 is 0. The first-order chi connectivity index (χ1) is 13.9. The maximum Gasteiger partial charge on any atom is 0.325 e. The average molecular weight is 406 g/mol. The Bertz CT molecular complexity index is 704. The summed E-state index contributed by atoms with van der Waals surface area (Å²) in [6.45, 7) is 3.28. The quantitative estimate of drug-likeness (QED) is 0.424. The van der Waals surface area contributed by atoms with Crippen LogP contribution in [0.25, 0.3) is 0 Å². The van der Waals surface area contributed by atoms with Gasteiger partial charge in [-0.3, -0.25) is 9.59 Å². The summed E-state index contributed by atoms with van der Waals surface area (Å²) in [6, 6.07) is 0. The zero-order valence-electron chi connectivity index (χ0n) is 17.0. The second-order valence-electron chi connectivity index (χ2n) is 6.99. The maximum absolute atomic E-state index is 12.9.